The molecular formula is C14H15F2NO3. The highest BCUT2D eigenvalue weighted by Crippen LogP contribution is 2.39. The Balaban J connectivity index is 2.08. The van der Waals surface area contributed by atoms with Crippen molar-refractivity contribution >= 4 is 11.9 Å². The Kier molecular flexibility index (Phi) is 4.01. The van der Waals surface area contributed by atoms with Gasteiger partial charge in [-0.15, -0.1) is 0 Å². The Bertz CT molecular complexity index is 547. The molecule has 1 amide bonds. The van der Waals surface area contributed by atoms with Crippen LogP contribution in [0.1, 0.15) is 31.4 Å². The fourth-order valence-electron chi connectivity index (χ4n) is 2.22. The lowest BCUT2D eigenvalue weighted by Crippen LogP contribution is -2.31. The molecule has 2 rings (SSSR count). The van der Waals surface area contributed by atoms with Gasteiger partial charge in [0, 0.05) is 5.56 Å². The van der Waals surface area contributed by atoms with E-state index >= 15 is 0 Å². The molecular weight excluding hydrogens is 268 g/mol. The van der Waals surface area contributed by atoms with Crippen LogP contribution in [0.4, 0.5) is 8.78 Å². The van der Waals surface area contributed by atoms with Crippen molar-refractivity contribution in [1.82, 2.24) is 5.32 Å². The molecule has 2 N–H and O–H groups in total. The first-order valence-electron chi connectivity index (χ1n) is 6.42. The second-order valence-corrected chi connectivity index (χ2v) is 4.92. The van der Waals surface area contributed by atoms with Crippen LogP contribution in [0.3, 0.4) is 0 Å². The molecule has 6 heteroatoms. The first-order valence-corrected chi connectivity index (χ1v) is 6.42. The molecule has 0 saturated heterocycles. The Labute approximate surface area is 114 Å². The summed E-state index contributed by atoms with van der Waals surface area (Å²) in [5, 5.41) is 11.4. The molecule has 0 heterocycles. The predicted octanol–water partition coefficient (Wildman–Crippen LogP) is 2.25. The third kappa shape index (κ3) is 2.95. The zero-order valence-corrected chi connectivity index (χ0v) is 10.9. The molecule has 0 unspecified atom stereocenters. The van der Waals surface area contributed by atoms with Gasteiger partial charge in [-0.3, -0.25) is 9.59 Å². The topological polar surface area (TPSA) is 66.4 Å². The Hall–Kier alpha value is -1.98. The standard InChI is InChI=1S/C14H15F2NO3/c1-2-12(10-5-7(15)3-4-11(10)16)17-13(18)8-6-9(8)14(19)20/h3-5,8-9,12H,2,6H2,1H3,(H,17,18)(H,19,20)/t8-,9+,12-/m0/s1. The van der Waals surface area contributed by atoms with E-state index in [1.54, 1.807) is 6.92 Å². The van der Waals surface area contributed by atoms with Gasteiger partial charge < -0.3 is 10.4 Å². The lowest BCUT2D eigenvalue weighted by Gasteiger charge is -2.18. The van der Waals surface area contributed by atoms with Gasteiger partial charge in [0.1, 0.15) is 11.6 Å². The second kappa shape index (κ2) is 5.56. The number of carboxylic acid groups (broad SMARTS) is 1. The summed E-state index contributed by atoms with van der Waals surface area (Å²) in [6.07, 6.45) is 0.680. The molecule has 1 aliphatic carbocycles. The second-order valence-electron chi connectivity index (χ2n) is 4.92. The summed E-state index contributed by atoms with van der Waals surface area (Å²) in [6, 6.07) is 2.41. The maximum atomic E-state index is 13.7. The van der Waals surface area contributed by atoms with Crippen LogP contribution in [0, 0.1) is 23.5 Å². The van der Waals surface area contributed by atoms with Crippen molar-refractivity contribution in [3.05, 3.63) is 35.4 Å². The SMILES string of the molecule is CC[C@H](NC(=O)[C@H]1C[C@H]1C(=O)O)c1cc(F)ccc1F. The number of nitrogens with one attached hydrogen (secondary N) is 1. The van der Waals surface area contributed by atoms with Crippen LogP contribution in [0.25, 0.3) is 0 Å². The summed E-state index contributed by atoms with van der Waals surface area (Å²) in [5.41, 5.74) is 0.0772. The number of hydrogen-bond donors (Lipinski definition) is 2. The van der Waals surface area contributed by atoms with E-state index in [1.807, 2.05) is 0 Å². The fraction of sp³-hybridized carbons (Fsp3) is 0.429. The van der Waals surface area contributed by atoms with Crippen molar-refractivity contribution in [2.45, 2.75) is 25.8 Å². The highest BCUT2D eigenvalue weighted by atomic mass is 19.1. The van der Waals surface area contributed by atoms with E-state index < -0.39 is 41.4 Å². The highest BCUT2D eigenvalue weighted by Gasteiger charge is 2.48. The molecule has 3 atom stereocenters. The van der Waals surface area contributed by atoms with Crippen LogP contribution >= 0.6 is 0 Å². The molecule has 1 aromatic rings. The molecule has 0 aliphatic heterocycles. The lowest BCUT2D eigenvalue weighted by molar-refractivity contribution is -0.140. The average Bonchev–Trinajstić information content (AvgIpc) is 3.19. The molecule has 1 fully saturated rings. The van der Waals surface area contributed by atoms with Gasteiger partial charge in [-0.1, -0.05) is 6.92 Å². The van der Waals surface area contributed by atoms with Gasteiger partial charge in [0.05, 0.1) is 17.9 Å². The number of benzene rings is 1. The van der Waals surface area contributed by atoms with Crippen LogP contribution in [-0.4, -0.2) is 17.0 Å². The van der Waals surface area contributed by atoms with Crippen molar-refractivity contribution in [3.8, 4) is 0 Å². The molecule has 0 bridgehead atoms. The molecule has 4 nitrogen and oxygen atoms in total. The van der Waals surface area contributed by atoms with E-state index in [2.05, 4.69) is 5.32 Å². The van der Waals surface area contributed by atoms with Gasteiger partial charge in [0.25, 0.3) is 0 Å². The van der Waals surface area contributed by atoms with E-state index in [9.17, 15) is 18.4 Å². The van der Waals surface area contributed by atoms with Crippen LogP contribution in [0.15, 0.2) is 18.2 Å². The van der Waals surface area contributed by atoms with Crippen molar-refractivity contribution in [2.24, 2.45) is 11.8 Å². The predicted molar refractivity (Wildman–Crippen MR) is 66.8 cm³/mol. The summed E-state index contributed by atoms with van der Waals surface area (Å²) in [7, 11) is 0. The third-order valence-electron chi connectivity index (χ3n) is 3.50. The zero-order chi connectivity index (χ0) is 14.9. The molecule has 1 saturated carbocycles. The van der Waals surface area contributed by atoms with Crippen molar-refractivity contribution in [3.63, 3.8) is 0 Å². The third-order valence-corrected chi connectivity index (χ3v) is 3.50. The molecule has 0 spiro atoms. The number of hydrogen-bond acceptors (Lipinski definition) is 2. The minimum absolute atomic E-state index is 0.0772. The highest BCUT2D eigenvalue weighted by molar-refractivity contribution is 5.89. The fourth-order valence-corrected chi connectivity index (χ4v) is 2.22. The van der Waals surface area contributed by atoms with Crippen LogP contribution in [0.2, 0.25) is 0 Å². The van der Waals surface area contributed by atoms with Gasteiger partial charge >= 0.3 is 5.97 Å². The van der Waals surface area contributed by atoms with E-state index in [1.165, 1.54) is 0 Å². The molecule has 1 aromatic carbocycles. The van der Waals surface area contributed by atoms with Crippen molar-refractivity contribution < 1.29 is 23.5 Å². The minimum Gasteiger partial charge on any atom is -0.481 e. The number of aliphatic carboxylic acids is 1. The first-order chi connectivity index (χ1) is 9.43. The van der Waals surface area contributed by atoms with E-state index in [0.29, 0.717) is 12.8 Å². The van der Waals surface area contributed by atoms with Gasteiger partial charge in [-0.05, 0) is 31.0 Å². The Morgan fingerprint density at radius 3 is 2.65 bits per heavy atom. The number of amides is 1. The number of carbonyl (C=O) groups excluding carboxylic acids is 1. The van der Waals surface area contributed by atoms with E-state index in [4.69, 9.17) is 5.11 Å². The number of halogens is 2. The molecule has 0 radical (unpaired) electrons. The Morgan fingerprint density at radius 1 is 1.40 bits per heavy atom. The maximum absolute atomic E-state index is 13.7. The summed E-state index contributed by atoms with van der Waals surface area (Å²) >= 11 is 0. The quantitative estimate of drug-likeness (QED) is 0.871. The van der Waals surface area contributed by atoms with Crippen LogP contribution < -0.4 is 5.32 Å². The summed E-state index contributed by atoms with van der Waals surface area (Å²) in [6.45, 7) is 1.73. The molecule has 108 valence electrons. The summed E-state index contributed by atoms with van der Waals surface area (Å²) in [5.74, 6) is -3.83. The smallest absolute Gasteiger partial charge is 0.307 e. The van der Waals surface area contributed by atoms with Gasteiger partial charge in [-0.2, -0.15) is 0 Å². The monoisotopic (exact) mass is 283 g/mol. The maximum Gasteiger partial charge on any atom is 0.307 e. The zero-order valence-electron chi connectivity index (χ0n) is 10.9. The van der Waals surface area contributed by atoms with E-state index in [-0.39, 0.29) is 5.56 Å². The number of rotatable bonds is 5. The van der Waals surface area contributed by atoms with Crippen molar-refractivity contribution in [2.75, 3.05) is 0 Å². The number of carbonyl (C=O) groups is 2. The summed E-state index contributed by atoms with van der Waals surface area (Å²) in [4.78, 5) is 22.6. The van der Waals surface area contributed by atoms with E-state index in [0.717, 1.165) is 18.2 Å². The average molecular weight is 283 g/mol. The van der Waals surface area contributed by atoms with Gasteiger partial charge in [-0.25, -0.2) is 8.78 Å². The molecule has 1 aliphatic rings. The number of carboxylic acids is 1. The largest absolute Gasteiger partial charge is 0.481 e. The molecule has 20 heavy (non-hydrogen) atoms. The molecule has 0 aromatic heterocycles. The van der Waals surface area contributed by atoms with Crippen LogP contribution in [0.5, 0.6) is 0 Å². The van der Waals surface area contributed by atoms with Crippen LogP contribution in [-0.2, 0) is 9.59 Å². The van der Waals surface area contributed by atoms with Gasteiger partial charge in [0.15, 0.2) is 0 Å². The van der Waals surface area contributed by atoms with Crippen molar-refractivity contribution in [1.29, 1.82) is 0 Å². The lowest BCUT2D eigenvalue weighted by atomic mass is 10.0. The minimum atomic E-state index is -1.00. The first kappa shape index (κ1) is 14.4. The summed E-state index contributed by atoms with van der Waals surface area (Å²) < 4.78 is 26.8. The normalized spacial score (nSPS) is 22.1. The Morgan fingerprint density at radius 2 is 2.10 bits per heavy atom. The van der Waals surface area contributed by atoms with Gasteiger partial charge in [0.2, 0.25) is 5.91 Å².